The van der Waals surface area contributed by atoms with Gasteiger partial charge in [-0.3, -0.25) is 0 Å². The van der Waals surface area contributed by atoms with Crippen LogP contribution in [0.5, 0.6) is 0 Å². The smallest absolute Gasteiger partial charge is 0.0901 e. The molecule has 0 amide bonds. The van der Waals surface area contributed by atoms with Crippen LogP contribution in [0.1, 0.15) is 18.9 Å². The largest absolute Gasteiger partial charge is 0.385 e. The highest BCUT2D eigenvalue weighted by molar-refractivity contribution is 5.83. The van der Waals surface area contributed by atoms with Crippen LogP contribution in [0.3, 0.4) is 0 Å². The summed E-state index contributed by atoms with van der Waals surface area (Å²) in [6.45, 7) is 7.11. The van der Waals surface area contributed by atoms with Crippen LogP contribution < -0.4 is 5.32 Å². The third-order valence-electron chi connectivity index (χ3n) is 4.29. The van der Waals surface area contributed by atoms with Crippen LogP contribution in [0.2, 0.25) is 0 Å². The highest BCUT2D eigenvalue weighted by Crippen LogP contribution is 2.31. The van der Waals surface area contributed by atoms with E-state index in [-0.39, 0.29) is 0 Å². The molecule has 2 aromatic rings. The fraction of sp³-hybridized carbons (Fsp3) is 0.500. The molecule has 3 rings (SSSR count). The van der Waals surface area contributed by atoms with Crippen LogP contribution in [0.25, 0.3) is 10.9 Å². The lowest BCUT2D eigenvalue weighted by Gasteiger charge is -2.31. The van der Waals surface area contributed by atoms with Gasteiger partial charge in [0, 0.05) is 55.4 Å². The highest BCUT2D eigenvalue weighted by Gasteiger charge is 2.27. The molecule has 1 saturated heterocycles. The number of aromatic amines is 1. The van der Waals surface area contributed by atoms with Crippen LogP contribution in [0.4, 0.5) is 0 Å². The van der Waals surface area contributed by atoms with E-state index in [2.05, 4.69) is 21.3 Å². The first kappa shape index (κ1) is 13.6. The van der Waals surface area contributed by atoms with Gasteiger partial charge in [-0.1, -0.05) is 18.2 Å². The van der Waals surface area contributed by atoms with E-state index in [9.17, 15) is 5.11 Å². The maximum atomic E-state index is 10.8. The minimum absolute atomic E-state index is 0.759. The molecular weight excluding hydrogens is 250 g/mol. The van der Waals surface area contributed by atoms with Crippen molar-refractivity contribution in [3.8, 4) is 0 Å². The molecule has 1 aromatic carbocycles. The zero-order chi connectivity index (χ0) is 14.0. The predicted molar refractivity (Wildman–Crippen MR) is 81.8 cm³/mol. The summed E-state index contributed by atoms with van der Waals surface area (Å²) in [5.74, 6) is 0. The Morgan fingerprint density at radius 2 is 2.00 bits per heavy atom. The van der Waals surface area contributed by atoms with Gasteiger partial charge in [-0.2, -0.15) is 0 Å². The van der Waals surface area contributed by atoms with Crippen molar-refractivity contribution in [1.82, 2.24) is 15.2 Å². The van der Waals surface area contributed by atoms with E-state index in [0.29, 0.717) is 0 Å². The maximum absolute atomic E-state index is 10.8. The molecule has 1 aliphatic rings. The van der Waals surface area contributed by atoms with Crippen LogP contribution in [-0.2, 0) is 5.60 Å². The second kappa shape index (κ2) is 5.56. The molecule has 4 nitrogen and oxygen atoms in total. The van der Waals surface area contributed by atoms with E-state index in [1.165, 1.54) is 0 Å². The predicted octanol–water partition coefficient (Wildman–Crippen LogP) is 1.67. The zero-order valence-corrected chi connectivity index (χ0v) is 12.0. The van der Waals surface area contributed by atoms with Crippen molar-refractivity contribution in [3.63, 3.8) is 0 Å². The fourth-order valence-electron chi connectivity index (χ4n) is 2.96. The Balaban J connectivity index is 1.73. The van der Waals surface area contributed by atoms with E-state index < -0.39 is 5.60 Å². The number of hydrogen-bond acceptors (Lipinski definition) is 3. The zero-order valence-electron chi connectivity index (χ0n) is 12.0. The number of benzene rings is 1. The molecule has 1 aliphatic heterocycles. The number of H-pyrrole nitrogens is 1. The first-order chi connectivity index (χ1) is 9.67. The van der Waals surface area contributed by atoms with Gasteiger partial charge < -0.3 is 20.3 Å². The van der Waals surface area contributed by atoms with Crippen LogP contribution in [0, 0.1) is 0 Å². The van der Waals surface area contributed by atoms with Crippen molar-refractivity contribution >= 4 is 10.9 Å². The lowest BCUT2D eigenvalue weighted by molar-refractivity contribution is 0.0359. The first-order valence-electron chi connectivity index (χ1n) is 7.39. The molecule has 3 N–H and O–H groups in total. The molecule has 4 heteroatoms. The Labute approximate surface area is 119 Å². The molecule has 2 heterocycles. The minimum atomic E-state index is -0.787. The average molecular weight is 273 g/mol. The van der Waals surface area contributed by atoms with Crippen molar-refractivity contribution in [2.75, 3.05) is 32.7 Å². The summed E-state index contributed by atoms with van der Waals surface area (Å²) in [4.78, 5) is 5.67. The molecule has 0 bridgehead atoms. The lowest BCUT2D eigenvalue weighted by atomic mass is 9.92. The number of para-hydroxylation sites is 1. The second-order valence-corrected chi connectivity index (χ2v) is 5.86. The Morgan fingerprint density at radius 3 is 2.80 bits per heavy atom. The summed E-state index contributed by atoms with van der Waals surface area (Å²) < 4.78 is 0. The van der Waals surface area contributed by atoms with Gasteiger partial charge in [0.15, 0.2) is 0 Å². The molecule has 20 heavy (non-hydrogen) atoms. The molecule has 1 aromatic heterocycles. The Hall–Kier alpha value is -1.36. The van der Waals surface area contributed by atoms with E-state index in [4.69, 9.17) is 0 Å². The van der Waals surface area contributed by atoms with Crippen molar-refractivity contribution in [2.24, 2.45) is 0 Å². The lowest BCUT2D eigenvalue weighted by Crippen LogP contribution is -2.45. The number of rotatable bonds is 4. The van der Waals surface area contributed by atoms with Crippen LogP contribution in [0.15, 0.2) is 30.5 Å². The van der Waals surface area contributed by atoms with E-state index in [1.54, 1.807) is 0 Å². The minimum Gasteiger partial charge on any atom is -0.385 e. The number of hydrogen-bond donors (Lipinski definition) is 3. The van der Waals surface area contributed by atoms with Gasteiger partial charge in [0.05, 0.1) is 5.60 Å². The molecular formula is C16H23N3O. The normalized spacial score (nSPS) is 20.1. The van der Waals surface area contributed by atoms with E-state index in [1.807, 2.05) is 31.3 Å². The van der Waals surface area contributed by atoms with Crippen LogP contribution >= 0.6 is 0 Å². The fourth-order valence-corrected chi connectivity index (χ4v) is 2.96. The molecule has 1 atom stereocenters. The number of nitrogens with zero attached hydrogens (tertiary/aromatic N) is 1. The quantitative estimate of drug-likeness (QED) is 0.794. The highest BCUT2D eigenvalue weighted by atomic mass is 16.3. The summed E-state index contributed by atoms with van der Waals surface area (Å²) in [7, 11) is 0. The van der Waals surface area contributed by atoms with Gasteiger partial charge in [0.1, 0.15) is 0 Å². The Morgan fingerprint density at radius 1 is 1.25 bits per heavy atom. The van der Waals surface area contributed by atoms with Gasteiger partial charge in [-0.25, -0.2) is 0 Å². The van der Waals surface area contributed by atoms with Gasteiger partial charge in [-0.05, 0) is 19.4 Å². The molecule has 0 spiro atoms. The van der Waals surface area contributed by atoms with Gasteiger partial charge in [0.2, 0.25) is 0 Å². The average Bonchev–Trinajstić information content (AvgIpc) is 2.91. The Bertz CT molecular complexity index is 570. The SMILES string of the molecule is CC(O)(CCN1CCNCC1)c1c[nH]c2ccccc12. The molecule has 1 unspecified atom stereocenters. The van der Waals surface area contributed by atoms with Gasteiger partial charge in [0.25, 0.3) is 0 Å². The molecule has 108 valence electrons. The number of aliphatic hydroxyl groups is 1. The first-order valence-corrected chi connectivity index (χ1v) is 7.39. The molecule has 1 fully saturated rings. The summed E-state index contributed by atoms with van der Waals surface area (Å²) >= 11 is 0. The second-order valence-electron chi connectivity index (χ2n) is 5.86. The van der Waals surface area contributed by atoms with Crippen molar-refractivity contribution < 1.29 is 5.11 Å². The monoisotopic (exact) mass is 273 g/mol. The number of piperazine rings is 1. The van der Waals surface area contributed by atoms with Crippen molar-refractivity contribution in [2.45, 2.75) is 18.9 Å². The van der Waals surface area contributed by atoms with E-state index >= 15 is 0 Å². The molecule has 0 saturated carbocycles. The van der Waals surface area contributed by atoms with Gasteiger partial charge in [-0.15, -0.1) is 0 Å². The maximum Gasteiger partial charge on any atom is 0.0901 e. The third kappa shape index (κ3) is 2.73. The standard InChI is InChI=1S/C16H23N3O/c1-16(20,6-9-19-10-7-17-8-11-19)14-12-18-15-5-3-2-4-13(14)15/h2-5,12,17-18,20H,6-11H2,1H3. The summed E-state index contributed by atoms with van der Waals surface area (Å²) in [6, 6.07) is 8.15. The third-order valence-corrected chi connectivity index (χ3v) is 4.29. The topological polar surface area (TPSA) is 51.3 Å². The Kier molecular flexibility index (Phi) is 3.78. The summed E-state index contributed by atoms with van der Waals surface area (Å²) in [5, 5.41) is 15.3. The molecule has 0 aliphatic carbocycles. The van der Waals surface area contributed by atoms with Crippen LogP contribution in [-0.4, -0.2) is 47.7 Å². The van der Waals surface area contributed by atoms with Crippen molar-refractivity contribution in [3.05, 3.63) is 36.0 Å². The van der Waals surface area contributed by atoms with Gasteiger partial charge >= 0.3 is 0 Å². The van der Waals surface area contributed by atoms with Crippen molar-refractivity contribution in [1.29, 1.82) is 0 Å². The number of aromatic nitrogens is 1. The number of nitrogens with one attached hydrogen (secondary N) is 2. The number of fused-ring (bicyclic) bond motifs is 1. The van der Waals surface area contributed by atoms with E-state index in [0.717, 1.165) is 55.6 Å². The molecule has 0 radical (unpaired) electrons. The summed E-state index contributed by atoms with van der Waals surface area (Å²) in [5.41, 5.74) is 1.30. The summed E-state index contributed by atoms with van der Waals surface area (Å²) in [6.07, 6.45) is 2.71.